The Hall–Kier alpha value is -1.34. The predicted molar refractivity (Wildman–Crippen MR) is 92.4 cm³/mol. The Morgan fingerprint density at radius 1 is 1.08 bits per heavy atom. The fourth-order valence-electron chi connectivity index (χ4n) is 3.66. The summed E-state index contributed by atoms with van der Waals surface area (Å²) in [5.41, 5.74) is 0.412. The van der Waals surface area contributed by atoms with E-state index < -0.39 is 10.0 Å². The van der Waals surface area contributed by atoms with Crippen molar-refractivity contribution in [1.82, 2.24) is 14.2 Å². The summed E-state index contributed by atoms with van der Waals surface area (Å²) >= 11 is 0. The zero-order chi connectivity index (χ0) is 17.2. The van der Waals surface area contributed by atoms with Crippen molar-refractivity contribution in [1.29, 1.82) is 0 Å². The van der Waals surface area contributed by atoms with Crippen molar-refractivity contribution in [3.05, 3.63) is 18.0 Å². The summed E-state index contributed by atoms with van der Waals surface area (Å²) in [7, 11) is -1.79. The highest BCUT2D eigenvalue weighted by Gasteiger charge is 2.28. The molecule has 6 nitrogen and oxygen atoms in total. The van der Waals surface area contributed by atoms with Gasteiger partial charge in [0.15, 0.2) is 0 Å². The van der Waals surface area contributed by atoms with Crippen LogP contribution >= 0.6 is 0 Å². The number of aryl methyl sites for hydroxylation is 1. The molecule has 1 aromatic rings. The summed E-state index contributed by atoms with van der Waals surface area (Å²) < 4.78 is 28.9. The largest absolute Gasteiger partial charge is 0.348 e. The van der Waals surface area contributed by atoms with E-state index in [2.05, 4.69) is 5.32 Å². The Labute approximate surface area is 144 Å². The van der Waals surface area contributed by atoms with Gasteiger partial charge in [-0.05, 0) is 31.7 Å². The molecule has 24 heavy (non-hydrogen) atoms. The van der Waals surface area contributed by atoms with Gasteiger partial charge in [0.05, 0.1) is 0 Å². The number of aromatic nitrogens is 1. The molecule has 2 heterocycles. The van der Waals surface area contributed by atoms with Crippen LogP contribution in [0.1, 0.15) is 61.9 Å². The van der Waals surface area contributed by atoms with Crippen molar-refractivity contribution in [3.8, 4) is 0 Å². The number of nitrogens with zero attached hydrogens (tertiary/aromatic N) is 2. The van der Waals surface area contributed by atoms with Crippen molar-refractivity contribution < 1.29 is 13.2 Å². The Balaban J connectivity index is 1.78. The molecule has 1 N–H and O–H groups in total. The van der Waals surface area contributed by atoms with Gasteiger partial charge in [0.2, 0.25) is 10.0 Å². The van der Waals surface area contributed by atoms with E-state index in [1.807, 2.05) is 0 Å². The van der Waals surface area contributed by atoms with Gasteiger partial charge in [-0.3, -0.25) is 4.79 Å². The van der Waals surface area contributed by atoms with E-state index in [9.17, 15) is 13.2 Å². The van der Waals surface area contributed by atoms with Gasteiger partial charge in [0.1, 0.15) is 10.6 Å². The molecule has 2 fully saturated rings. The first kappa shape index (κ1) is 17.5. The minimum Gasteiger partial charge on any atom is -0.348 e. The fourth-order valence-corrected chi connectivity index (χ4v) is 5.25. The second-order valence-corrected chi connectivity index (χ2v) is 8.88. The maximum atomic E-state index is 12.9. The van der Waals surface area contributed by atoms with E-state index in [1.165, 1.54) is 6.07 Å². The molecular weight excluding hydrogens is 326 g/mol. The highest BCUT2D eigenvalue weighted by molar-refractivity contribution is 7.89. The molecule has 0 radical (unpaired) electrons. The third-order valence-corrected chi connectivity index (χ3v) is 6.97. The van der Waals surface area contributed by atoms with E-state index in [0.29, 0.717) is 18.8 Å². The van der Waals surface area contributed by atoms with Crippen LogP contribution in [0.4, 0.5) is 0 Å². The molecule has 3 rings (SSSR count). The maximum Gasteiger partial charge on any atom is 0.268 e. The predicted octanol–water partition coefficient (Wildman–Crippen LogP) is 2.26. The van der Waals surface area contributed by atoms with Crippen LogP contribution in [0.2, 0.25) is 0 Å². The van der Waals surface area contributed by atoms with Gasteiger partial charge < -0.3 is 9.88 Å². The zero-order valence-electron chi connectivity index (χ0n) is 14.3. The molecule has 0 bridgehead atoms. The third kappa shape index (κ3) is 3.67. The van der Waals surface area contributed by atoms with Crippen LogP contribution in [0.25, 0.3) is 0 Å². The first-order valence-corrected chi connectivity index (χ1v) is 10.4. The van der Waals surface area contributed by atoms with Gasteiger partial charge in [-0.25, -0.2) is 8.42 Å². The number of nitrogens with one attached hydrogen (secondary N) is 1. The first-order valence-electron chi connectivity index (χ1n) is 8.96. The maximum absolute atomic E-state index is 12.9. The number of sulfonamides is 1. The lowest BCUT2D eigenvalue weighted by Crippen LogP contribution is -2.33. The van der Waals surface area contributed by atoms with Crippen molar-refractivity contribution in [2.45, 2.75) is 62.3 Å². The molecule has 1 aromatic heterocycles. The van der Waals surface area contributed by atoms with Gasteiger partial charge in [-0.15, -0.1) is 0 Å². The highest BCUT2D eigenvalue weighted by Crippen LogP contribution is 2.23. The van der Waals surface area contributed by atoms with Crippen molar-refractivity contribution in [3.63, 3.8) is 0 Å². The normalized spacial score (nSPS) is 20.9. The summed E-state index contributed by atoms with van der Waals surface area (Å²) in [5.74, 6) is -0.179. The van der Waals surface area contributed by atoms with Gasteiger partial charge in [-0.2, -0.15) is 4.31 Å². The van der Waals surface area contributed by atoms with Gasteiger partial charge in [-0.1, -0.05) is 25.7 Å². The molecule has 0 unspecified atom stereocenters. The lowest BCUT2D eigenvalue weighted by Gasteiger charge is -2.18. The average Bonchev–Trinajstić information content (AvgIpc) is 3.09. The topological polar surface area (TPSA) is 71.4 Å². The number of rotatable bonds is 4. The molecule has 0 spiro atoms. The molecule has 134 valence electrons. The molecule has 1 saturated carbocycles. The van der Waals surface area contributed by atoms with Crippen molar-refractivity contribution in [2.24, 2.45) is 7.05 Å². The Kier molecular flexibility index (Phi) is 5.30. The third-order valence-electron chi connectivity index (χ3n) is 5.11. The number of amides is 1. The van der Waals surface area contributed by atoms with Crippen LogP contribution in [-0.2, 0) is 17.1 Å². The summed E-state index contributed by atoms with van der Waals surface area (Å²) in [6, 6.07) is 1.74. The van der Waals surface area contributed by atoms with Crippen LogP contribution in [0.15, 0.2) is 17.2 Å². The summed E-state index contributed by atoms with van der Waals surface area (Å²) in [5, 5.41) is 3.02. The molecule has 1 aliphatic carbocycles. The second kappa shape index (κ2) is 7.27. The van der Waals surface area contributed by atoms with Gasteiger partial charge in [0.25, 0.3) is 5.91 Å². The van der Waals surface area contributed by atoms with Crippen LogP contribution in [0.5, 0.6) is 0 Å². The monoisotopic (exact) mass is 353 g/mol. The first-order chi connectivity index (χ1) is 11.5. The minimum absolute atomic E-state index is 0.179. The van der Waals surface area contributed by atoms with Crippen LogP contribution in [0.3, 0.4) is 0 Å². The van der Waals surface area contributed by atoms with E-state index >= 15 is 0 Å². The van der Waals surface area contributed by atoms with Gasteiger partial charge in [0, 0.05) is 32.4 Å². The van der Waals surface area contributed by atoms with Crippen LogP contribution in [0, 0.1) is 0 Å². The molecule has 0 aromatic carbocycles. The van der Waals surface area contributed by atoms with E-state index in [1.54, 1.807) is 22.1 Å². The van der Waals surface area contributed by atoms with E-state index in [4.69, 9.17) is 0 Å². The summed E-state index contributed by atoms with van der Waals surface area (Å²) in [4.78, 5) is 12.7. The molecular formula is C17H27N3O3S. The van der Waals surface area contributed by atoms with E-state index in [-0.39, 0.29) is 16.8 Å². The minimum atomic E-state index is -3.52. The summed E-state index contributed by atoms with van der Waals surface area (Å²) in [6.45, 7) is 1.14. The molecule has 1 amide bonds. The van der Waals surface area contributed by atoms with E-state index in [0.717, 1.165) is 51.4 Å². The lowest BCUT2D eigenvalue weighted by atomic mass is 10.2. The van der Waals surface area contributed by atoms with Gasteiger partial charge >= 0.3 is 0 Å². The zero-order valence-corrected chi connectivity index (χ0v) is 15.1. The average molecular weight is 353 g/mol. The van der Waals surface area contributed by atoms with Crippen LogP contribution < -0.4 is 5.32 Å². The fraction of sp³-hybridized carbons (Fsp3) is 0.706. The number of carbonyl (C=O) groups is 1. The van der Waals surface area contributed by atoms with Crippen LogP contribution in [-0.4, -0.2) is 42.3 Å². The molecule has 1 aliphatic heterocycles. The Morgan fingerprint density at radius 2 is 1.71 bits per heavy atom. The lowest BCUT2D eigenvalue weighted by molar-refractivity contribution is 0.0929. The smallest absolute Gasteiger partial charge is 0.268 e. The SMILES string of the molecule is Cn1cc(S(=O)(=O)N2CCCCCC2)cc1C(=O)NC1CCCC1. The quantitative estimate of drug-likeness (QED) is 0.902. The van der Waals surface area contributed by atoms with Crippen molar-refractivity contribution >= 4 is 15.9 Å². The molecule has 0 atom stereocenters. The van der Waals surface area contributed by atoms with Crippen molar-refractivity contribution in [2.75, 3.05) is 13.1 Å². The molecule has 7 heteroatoms. The summed E-state index contributed by atoms with van der Waals surface area (Å²) in [6.07, 6.45) is 9.83. The highest BCUT2D eigenvalue weighted by atomic mass is 32.2. The number of carbonyl (C=O) groups excluding carboxylic acids is 1. The molecule has 2 aliphatic rings. The molecule has 1 saturated heterocycles. The standard InChI is InChI=1S/C17H27N3O3S/c1-19-13-15(24(22,23)20-10-6-2-3-7-11-20)12-16(19)17(21)18-14-8-4-5-9-14/h12-14H,2-11H2,1H3,(H,18,21). The number of hydrogen-bond acceptors (Lipinski definition) is 3. The second-order valence-electron chi connectivity index (χ2n) is 6.95. The number of hydrogen-bond donors (Lipinski definition) is 1. The Bertz CT molecular complexity index is 682. The Morgan fingerprint density at radius 3 is 2.33 bits per heavy atom.